The van der Waals surface area contributed by atoms with Crippen molar-refractivity contribution in [1.29, 1.82) is 0 Å². The first-order chi connectivity index (χ1) is 9.72. The maximum Gasteiger partial charge on any atom is 0.0965 e. The first-order valence-electron chi connectivity index (χ1n) is 7.10. The standard InChI is InChI=1S/C16H19BrN2S/c1-11(16-18-5-6-20-16)10-19-15-8-13(9-15)12-3-2-4-14(17)7-12/h2-7,11,13,15,19H,8-10H2,1H3. The van der Waals surface area contributed by atoms with Gasteiger partial charge in [-0.2, -0.15) is 0 Å². The van der Waals surface area contributed by atoms with E-state index >= 15 is 0 Å². The fourth-order valence-corrected chi connectivity index (χ4v) is 3.84. The van der Waals surface area contributed by atoms with Gasteiger partial charge in [0.1, 0.15) is 0 Å². The minimum absolute atomic E-state index is 0.514. The summed E-state index contributed by atoms with van der Waals surface area (Å²) >= 11 is 5.30. The zero-order valence-corrected chi connectivity index (χ0v) is 14.0. The molecule has 3 rings (SSSR count). The van der Waals surface area contributed by atoms with Crippen LogP contribution in [0.2, 0.25) is 0 Å². The van der Waals surface area contributed by atoms with Gasteiger partial charge >= 0.3 is 0 Å². The lowest BCUT2D eigenvalue weighted by atomic mass is 9.76. The molecule has 106 valence electrons. The molecule has 1 atom stereocenters. The summed E-state index contributed by atoms with van der Waals surface area (Å²) in [6.07, 6.45) is 4.39. The van der Waals surface area contributed by atoms with Gasteiger partial charge in [0, 0.05) is 34.6 Å². The van der Waals surface area contributed by atoms with E-state index in [0.717, 1.165) is 12.5 Å². The average molecular weight is 351 g/mol. The second-order valence-electron chi connectivity index (χ2n) is 5.60. The van der Waals surface area contributed by atoms with Crippen LogP contribution in [0.4, 0.5) is 0 Å². The first kappa shape index (κ1) is 14.2. The van der Waals surface area contributed by atoms with Crippen molar-refractivity contribution in [3.63, 3.8) is 0 Å². The van der Waals surface area contributed by atoms with Crippen molar-refractivity contribution in [2.24, 2.45) is 0 Å². The SMILES string of the molecule is CC(CNC1CC(c2cccc(Br)c2)C1)c1nccs1. The van der Waals surface area contributed by atoms with E-state index in [-0.39, 0.29) is 0 Å². The molecule has 1 saturated carbocycles. The van der Waals surface area contributed by atoms with Crippen LogP contribution in [0.15, 0.2) is 40.3 Å². The molecule has 0 spiro atoms. The molecule has 1 fully saturated rings. The second kappa shape index (κ2) is 6.37. The molecule has 1 aromatic carbocycles. The van der Waals surface area contributed by atoms with Crippen LogP contribution in [0.5, 0.6) is 0 Å². The van der Waals surface area contributed by atoms with Gasteiger partial charge in [0.25, 0.3) is 0 Å². The number of benzene rings is 1. The van der Waals surface area contributed by atoms with Crippen LogP contribution >= 0.6 is 27.3 Å². The number of nitrogens with zero attached hydrogens (tertiary/aromatic N) is 1. The van der Waals surface area contributed by atoms with E-state index in [2.05, 4.69) is 62.8 Å². The van der Waals surface area contributed by atoms with Crippen LogP contribution in [0.3, 0.4) is 0 Å². The van der Waals surface area contributed by atoms with Crippen LogP contribution < -0.4 is 5.32 Å². The van der Waals surface area contributed by atoms with E-state index in [1.54, 1.807) is 11.3 Å². The van der Waals surface area contributed by atoms with E-state index in [1.807, 2.05) is 6.20 Å². The Morgan fingerprint density at radius 1 is 1.45 bits per heavy atom. The van der Waals surface area contributed by atoms with Gasteiger partial charge in [0.05, 0.1) is 5.01 Å². The Labute approximate surface area is 132 Å². The van der Waals surface area contributed by atoms with Gasteiger partial charge in [0.2, 0.25) is 0 Å². The minimum Gasteiger partial charge on any atom is -0.313 e. The lowest BCUT2D eigenvalue weighted by Gasteiger charge is -2.37. The maximum atomic E-state index is 4.38. The van der Waals surface area contributed by atoms with Crippen molar-refractivity contribution in [3.05, 3.63) is 50.9 Å². The Hall–Kier alpha value is -0.710. The summed E-state index contributed by atoms with van der Waals surface area (Å²) in [6, 6.07) is 9.38. The monoisotopic (exact) mass is 350 g/mol. The van der Waals surface area contributed by atoms with Crippen molar-refractivity contribution >= 4 is 27.3 Å². The molecular weight excluding hydrogens is 332 g/mol. The Bertz CT molecular complexity index is 549. The van der Waals surface area contributed by atoms with E-state index < -0.39 is 0 Å². The lowest BCUT2D eigenvalue weighted by molar-refractivity contribution is 0.287. The molecule has 20 heavy (non-hydrogen) atoms. The summed E-state index contributed by atoms with van der Waals surface area (Å²) in [5.41, 5.74) is 1.46. The number of halogens is 1. The molecule has 0 amide bonds. The predicted molar refractivity (Wildman–Crippen MR) is 88.4 cm³/mol. The van der Waals surface area contributed by atoms with E-state index in [4.69, 9.17) is 0 Å². The number of hydrogen-bond acceptors (Lipinski definition) is 3. The molecule has 1 N–H and O–H groups in total. The molecule has 4 heteroatoms. The number of thiazole rings is 1. The second-order valence-corrected chi connectivity index (χ2v) is 7.44. The molecule has 0 aliphatic heterocycles. The lowest BCUT2D eigenvalue weighted by Crippen LogP contribution is -2.41. The third kappa shape index (κ3) is 3.30. The molecule has 1 aromatic heterocycles. The fraction of sp³-hybridized carbons (Fsp3) is 0.438. The predicted octanol–water partition coefficient (Wildman–Crippen LogP) is 4.54. The third-order valence-electron chi connectivity index (χ3n) is 4.04. The van der Waals surface area contributed by atoms with Crippen molar-refractivity contribution < 1.29 is 0 Å². The molecule has 2 nitrogen and oxygen atoms in total. The van der Waals surface area contributed by atoms with Gasteiger partial charge in [-0.15, -0.1) is 11.3 Å². The Morgan fingerprint density at radius 2 is 2.30 bits per heavy atom. The first-order valence-corrected chi connectivity index (χ1v) is 8.78. The van der Waals surface area contributed by atoms with Crippen LogP contribution in [-0.2, 0) is 0 Å². The highest BCUT2D eigenvalue weighted by Crippen LogP contribution is 2.37. The van der Waals surface area contributed by atoms with Crippen LogP contribution in [0, 0.1) is 0 Å². The molecule has 1 aliphatic carbocycles. The van der Waals surface area contributed by atoms with Crippen LogP contribution in [0.25, 0.3) is 0 Å². The molecule has 0 bridgehead atoms. The minimum atomic E-state index is 0.514. The van der Waals surface area contributed by atoms with Gasteiger partial charge in [-0.05, 0) is 36.5 Å². The summed E-state index contributed by atoms with van der Waals surface area (Å²) in [5.74, 6) is 1.24. The summed E-state index contributed by atoms with van der Waals surface area (Å²) in [6.45, 7) is 3.28. The molecule has 0 radical (unpaired) electrons. The van der Waals surface area contributed by atoms with Crippen molar-refractivity contribution in [2.75, 3.05) is 6.54 Å². The van der Waals surface area contributed by atoms with Gasteiger partial charge in [-0.1, -0.05) is 35.0 Å². The van der Waals surface area contributed by atoms with E-state index in [0.29, 0.717) is 12.0 Å². The summed E-state index contributed by atoms with van der Waals surface area (Å²) in [5, 5.41) is 6.97. The van der Waals surface area contributed by atoms with Gasteiger partial charge in [-0.25, -0.2) is 4.98 Å². The highest BCUT2D eigenvalue weighted by atomic mass is 79.9. The fourth-order valence-electron chi connectivity index (χ4n) is 2.73. The molecule has 1 aliphatic rings. The summed E-state index contributed by atoms with van der Waals surface area (Å²) in [7, 11) is 0. The summed E-state index contributed by atoms with van der Waals surface area (Å²) in [4.78, 5) is 4.38. The van der Waals surface area contributed by atoms with Gasteiger partial charge < -0.3 is 5.32 Å². The van der Waals surface area contributed by atoms with Gasteiger partial charge in [-0.3, -0.25) is 0 Å². The van der Waals surface area contributed by atoms with E-state index in [9.17, 15) is 0 Å². The Kier molecular flexibility index (Phi) is 4.54. The number of nitrogens with one attached hydrogen (secondary N) is 1. The quantitative estimate of drug-likeness (QED) is 0.855. The summed E-state index contributed by atoms with van der Waals surface area (Å²) < 4.78 is 1.18. The molecule has 1 unspecified atom stereocenters. The van der Waals surface area contributed by atoms with Gasteiger partial charge in [0.15, 0.2) is 0 Å². The highest BCUT2D eigenvalue weighted by Gasteiger charge is 2.30. The number of hydrogen-bond donors (Lipinski definition) is 1. The zero-order valence-electron chi connectivity index (χ0n) is 11.6. The molecule has 2 aromatic rings. The largest absolute Gasteiger partial charge is 0.313 e. The Morgan fingerprint density at radius 3 is 3.00 bits per heavy atom. The highest BCUT2D eigenvalue weighted by molar-refractivity contribution is 9.10. The smallest absolute Gasteiger partial charge is 0.0965 e. The Balaban J connectivity index is 1.44. The normalized spacial score (nSPS) is 23.3. The zero-order chi connectivity index (χ0) is 13.9. The van der Waals surface area contributed by atoms with Crippen molar-refractivity contribution in [1.82, 2.24) is 10.3 Å². The molecule has 1 heterocycles. The van der Waals surface area contributed by atoms with Crippen LogP contribution in [-0.4, -0.2) is 17.6 Å². The third-order valence-corrected chi connectivity index (χ3v) is 5.54. The van der Waals surface area contributed by atoms with E-state index in [1.165, 1.54) is 27.9 Å². The average Bonchev–Trinajstić information content (AvgIpc) is 2.90. The van der Waals surface area contributed by atoms with Crippen molar-refractivity contribution in [3.8, 4) is 0 Å². The molecular formula is C16H19BrN2S. The maximum absolute atomic E-state index is 4.38. The van der Waals surface area contributed by atoms with Crippen LogP contribution in [0.1, 0.15) is 42.2 Å². The number of rotatable bonds is 5. The van der Waals surface area contributed by atoms with Crippen molar-refractivity contribution in [2.45, 2.75) is 37.6 Å². The molecule has 0 saturated heterocycles. The topological polar surface area (TPSA) is 24.9 Å². The number of aromatic nitrogens is 1.